The van der Waals surface area contributed by atoms with Crippen LogP contribution >= 0.6 is 0 Å². The fourth-order valence-electron chi connectivity index (χ4n) is 4.33. The third kappa shape index (κ3) is 2.03. The molecule has 0 fully saturated rings. The summed E-state index contributed by atoms with van der Waals surface area (Å²) in [7, 11) is 3.38. The summed E-state index contributed by atoms with van der Waals surface area (Å²) < 4.78 is 22.3. The highest BCUT2D eigenvalue weighted by Crippen LogP contribution is 2.49. The average Bonchev–Trinajstić information content (AvgIpc) is 3.12. The summed E-state index contributed by atoms with van der Waals surface area (Å²) in [6.45, 7) is 3.49. The zero-order chi connectivity index (χ0) is 17.8. The van der Waals surface area contributed by atoms with Gasteiger partial charge in [0.25, 0.3) is 0 Å². The largest absolute Gasteiger partial charge is 0.493 e. The van der Waals surface area contributed by atoms with Crippen molar-refractivity contribution in [1.82, 2.24) is 4.90 Å². The number of nitrogens with zero attached hydrogens (tertiary/aromatic N) is 1. The van der Waals surface area contributed by atoms with Crippen LogP contribution in [0.3, 0.4) is 0 Å². The lowest BCUT2D eigenvalue weighted by Gasteiger charge is -2.42. The minimum atomic E-state index is 0.202. The Hall–Kier alpha value is -2.82. The van der Waals surface area contributed by atoms with Gasteiger partial charge in [-0.05, 0) is 48.7 Å². The van der Waals surface area contributed by atoms with E-state index >= 15 is 0 Å². The molecule has 0 radical (unpaired) electrons. The van der Waals surface area contributed by atoms with Gasteiger partial charge < -0.3 is 23.8 Å². The highest BCUT2D eigenvalue weighted by molar-refractivity contribution is 5.87. The van der Waals surface area contributed by atoms with Crippen molar-refractivity contribution in [2.45, 2.75) is 19.4 Å². The maximum absolute atomic E-state index is 5.70. The lowest BCUT2D eigenvalue weighted by atomic mass is 9.86. The highest BCUT2D eigenvalue weighted by Gasteiger charge is 2.34. The van der Waals surface area contributed by atoms with Gasteiger partial charge in [0, 0.05) is 23.4 Å². The van der Waals surface area contributed by atoms with Crippen LogP contribution < -0.4 is 18.9 Å². The Morgan fingerprint density at radius 1 is 1.08 bits per heavy atom. The van der Waals surface area contributed by atoms with Crippen molar-refractivity contribution in [3.8, 4) is 23.0 Å². The number of methoxy groups -OCH3 is 2. The maximum atomic E-state index is 5.70. The van der Waals surface area contributed by atoms with Crippen molar-refractivity contribution < 1.29 is 18.9 Å². The summed E-state index contributed by atoms with van der Waals surface area (Å²) in [6, 6.07) is 8.53. The SMILES string of the molecule is COc1ccc2c(c1OC)[C@@H](C)N1CCc3cc4c(cc3C1=C2)OCO4. The van der Waals surface area contributed by atoms with Crippen molar-refractivity contribution in [2.75, 3.05) is 27.6 Å². The standard InChI is InChI=1S/C21H21NO4/c1-12-20-14(4-5-17(23-2)21(20)24-3)8-16-15-10-19-18(25-11-26-19)9-13(15)6-7-22(12)16/h4-5,8-10,12H,6-7,11H2,1-3H3/t12-/m1/s1. The highest BCUT2D eigenvalue weighted by atomic mass is 16.7. The number of hydrogen-bond acceptors (Lipinski definition) is 5. The molecule has 26 heavy (non-hydrogen) atoms. The maximum Gasteiger partial charge on any atom is 0.231 e. The molecule has 5 heteroatoms. The average molecular weight is 351 g/mol. The van der Waals surface area contributed by atoms with Crippen LogP contribution in [0.25, 0.3) is 11.8 Å². The van der Waals surface area contributed by atoms with Gasteiger partial charge in [-0.15, -0.1) is 0 Å². The van der Waals surface area contributed by atoms with Crippen LogP contribution in [-0.4, -0.2) is 32.5 Å². The third-order valence-corrected chi connectivity index (χ3v) is 5.60. The normalized spacial score (nSPS) is 19.3. The van der Waals surface area contributed by atoms with Crippen LogP contribution in [-0.2, 0) is 6.42 Å². The molecule has 2 aromatic rings. The molecule has 0 amide bonds. The van der Waals surface area contributed by atoms with Gasteiger partial charge in [-0.25, -0.2) is 0 Å². The monoisotopic (exact) mass is 351 g/mol. The summed E-state index contributed by atoms with van der Waals surface area (Å²) in [5, 5.41) is 0. The van der Waals surface area contributed by atoms with Gasteiger partial charge in [-0.3, -0.25) is 0 Å². The minimum Gasteiger partial charge on any atom is -0.493 e. The lowest BCUT2D eigenvalue weighted by Crippen LogP contribution is -2.34. The molecule has 3 aliphatic heterocycles. The molecule has 0 aliphatic carbocycles. The Kier molecular flexibility index (Phi) is 3.32. The first-order chi connectivity index (χ1) is 12.7. The van der Waals surface area contributed by atoms with E-state index in [2.05, 4.69) is 36.1 Å². The van der Waals surface area contributed by atoms with E-state index in [4.69, 9.17) is 18.9 Å². The first-order valence-corrected chi connectivity index (χ1v) is 8.87. The number of benzene rings is 2. The molecular formula is C21H21NO4. The molecule has 1 atom stereocenters. The smallest absolute Gasteiger partial charge is 0.231 e. The van der Waals surface area contributed by atoms with E-state index in [0.29, 0.717) is 6.79 Å². The summed E-state index contributed by atoms with van der Waals surface area (Å²) in [4.78, 5) is 2.44. The van der Waals surface area contributed by atoms with Gasteiger partial charge in [0.05, 0.1) is 20.3 Å². The molecule has 0 spiro atoms. The first kappa shape index (κ1) is 15.4. The Morgan fingerprint density at radius 2 is 1.88 bits per heavy atom. The van der Waals surface area contributed by atoms with Crippen LogP contribution in [0.5, 0.6) is 23.0 Å². The van der Waals surface area contributed by atoms with Crippen molar-refractivity contribution in [2.24, 2.45) is 0 Å². The summed E-state index contributed by atoms with van der Waals surface area (Å²) in [5.74, 6) is 3.28. The number of rotatable bonds is 2. The zero-order valence-corrected chi connectivity index (χ0v) is 15.2. The number of fused-ring (bicyclic) bond motifs is 5. The molecule has 5 nitrogen and oxygen atoms in total. The molecular weight excluding hydrogens is 330 g/mol. The Bertz CT molecular complexity index is 934. The van der Waals surface area contributed by atoms with E-state index in [1.807, 2.05) is 6.07 Å². The molecule has 134 valence electrons. The van der Waals surface area contributed by atoms with Gasteiger partial charge in [0.2, 0.25) is 6.79 Å². The Morgan fingerprint density at radius 3 is 2.65 bits per heavy atom. The molecule has 0 aromatic heterocycles. The molecule has 0 saturated heterocycles. The Labute approximate surface area is 152 Å². The van der Waals surface area contributed by atoms with Crippen molar-refractivity contribution in [1.29, 1.82) is 0 Å². The number of ether oxygens (including phenoxy) is 4. The second-order valence-electron chi connectivity index (χ2n) is 6.82. The second kappa shape index (κ2) is 5.59. The summed E-state index contributed by atoms with van der Waals surface area (Å²) in [5.41, 5.74) is 6.13. The Balaban J connectivity index is 1.70. The second-order valence-corrected chi connectivity index (χ2v) is 6.82. The van der Waals surface area contributed by atoms with Crippen LogP contribution in [0.4, 0.5) is 0 Å². The van der Waals surface area contributed by atoms with Gasteiger partial charge in [-0.2, -0.15) is 0 Å². The van der Waals surface area contributed by atoms with Gasteiger partial charge >= 0.3 is 0 Å². The van der Waals surface area contributed by atoms with Gasteiger partial charge in [-0.1, -0.05) is 6.07 Å². The quantitative estimate of drug-likeness (QED) is 0.822. The molecule has 2 aromatic carbocycles. The van der Waals surface area contributed by atoms with E-state index in [1.165, 1.54) is 28.0 Å². The van der Waals surface area contributed by atoms with E-state index < -0.39 is 0 Å². The molecule has 5 rings (SSSR count). The third-order valence-electron chi connectivity index (χ3n) is 5.60. The van der Waals surface area contributed by atoms with Crippen molar-refractivity contribution >= 4 is 11.8 Å². The fourth-order valence-corrected chi connectivity index (χ4v) is 4.33. The topological polar surface area (TPSA) is 40.2 Å². The molecule has 0 saturated carbocycles. The lowest BCUT2D eigenvalue weighted by molar-refractivity contribution is 0.174. The first-order valence-electron chi connectivity index (χ1n) is 8.87. The van der Waals surface area contributed by atoms with Crippen LogP contribution in [0.1, 0.15) is 35.2 Å². The van der Waals surface area contributed by atoms with Gasteiger partial charge in [0.1, 0.15) is 0 Å². The van der Waals surface area contributed by atoms with Gasteiger partial charge in [0.15, 0.2) is 23.0 Å². The van der Waals surface area contributed by atoms with Crippen LogP contribution in [0, 0.1) is 0 Å². The minimum absolute atomic E-state index is 0.202. The van der Waals surface area contributed by atoms with E-state index in [1.54, 1.807) is 14.2 Å². The molecule has 0 unspecified atom stereocenters. The number of hydrogen-bond donors (Lipinski definition) is 0. The predicted octanol–water partition coefficient (Wildman–Crippen LogP) is 3.86. The van der Waals surface area contributed by atoms with Crippen LogP contribution in [0.15, 0.2) is 24.3 Å². The summed E-state index contributed by atoms with van der Waals surface area (Å²) >= 11 is 0. The van der Waals surface area contributed by atoms with Crippen molar-refractivity contribution in [3.63, 3.8) is 0 Å². The van der Waals surface area contributed by atoms with E-state index in [-0.39, 0.29) is 6.04 Å². The van der Waals surface area contributed by atoms with E-state index in [0.717, 1.165) is 36.0 Å². The predicted molar refractivity (Wildman–Crippen MR) is 98.8 cm³/mol. The van der Waals surface area contributed by atoms with E-state index in [9.17, 15) is 0 Å². The zero-order valence-electron chi connectivity index (χ0n) is 15.2. The molecule has 3 aliphatic rings. The summed E-state index contributed by atoms with van der Waals surface area (Å²) in [6.07, 6.45) is 3.23. The molecule has 0 N–H and O–H groups in total. The fraction of sp³-hybridized carbons (Fsp3) is 0.333. The van der Waals surface area contributed by atoms with Crippen molar-refractivity contribution in [3.05, 3.63) is 46.5 Å². The molecule has 3 heterocycles. The van der Waals surface area contributed by atoms with Crippen LogP contribution in [0.2, 0.25) is 0 Å². The molecule has 0 bridgehead atoms.